The Balaban J connectivity index is 2.74. The fourth-order valence-corrected chi connectivity index (χ4v) is 1.87. The van der Waals surface area contributed by atoms with Gasteiger partial charge in [-0.05, 0) is 6.92 Å². The smallest absolute Gasteiger partial charge is 0.165 e. The number of ether oxygens (including phenoxy) is 3. The highest BCUT2D eigenvalue weighted by atomic mass is 16.7. The van der Waals surface area contributed by atoms with Crippen molar-refractivity contribution in [1.82, 2.24) is 5.32 Å². The first-order valence-electron chi connectivity index (χ1n) is 5.99. The lowest BCUT2D eigenvalue weighted by molar-refractivity contribution is -0.201. The highest BCUT2D eigenvalue weighted by Gasteiger charge is 2.49. The minimum Gasteiger partial charge on any atom is -0.376 e. The fraction of sp³-hybridized carbons (Fsp3) is 0.833. The van der Waals surface area contributed by atoms with Gasteiger partial charge in [0.25, 0.3) is 0 Å². The molecular formula is C12H23N3O3. The Morgan fingerprint density at radius 3 is 2.50 bits per heavy atom. The van der Waals surface area contributed by atoms with Crippen LogP contribution in [0.5, 0.6) is 0 Å². The van der Waals surface area contributed by atoms with E-state index in [9.17, 15) is 0 Å². The minimum absolute atomic E-state index is 0.284. The largest absolute Gasteiger partial charge is 0.376 e. The van der Waals surface area contributed by atoms with Crippen molar-refractivity contribution in [3.63, 3.8) is 0 Å². The van der Waals surface area contributed by atoms with Crippen LogP contribution in [0.4, 0.5) is 0 Å². The third-order valence-electron chi connectivity index (χ3n) is 3.67. The molecule has 0 aliphatic carbocycles. The van der Waals surface area contributed by atoms with Crippen molar-refractivity contribution in [2.75, 3.05) is 26.9 Å². The number of hydrogen-bond donors (Lipinski definition) is 2. The summed E-state index contributed by atoms with van der Waals surface area (Å²) in [6.45, 7) is 7.78. The van der Waals surface area contributed by atoms with Crippen LogP contribution in [0.25, 0.3) is 0 Å². The first kappa shape index (κ1) is 15.1. The van der Waals surface area contributed by atoms with Crippen LogP contribution in [0, 0.1) is 10.8 Å². The normalized spacial score (nSPS) is 21.1. The molecule has 1 atom stereocenters. The van der Waals surface area contributed by atoms with E-state index in [-0.39, 0.29) is 11.7 Å². The van der Waals surface area contributed by atoms with E-state index >= 15 is 0 Å². The van der Waals surface area contributed by atoms with Gasteiger partial charge in [0.05, 0.1) is 38.0 Å². The topological polar surface area (TPSA) is 75.9 Å². The Labute approximate surface area is 108 Å². The molecule has 0 aromatic carbocycles. The van der Waals surface area contributed by atoms with Gasteiger partial charge < -0.3 is 19.5 Å². The average Bonchev–Trinajstić information content (AvgIpc) is 2.88. The summed E-state index contributed by atoms with van der Waals surface area (Å²) < 4.78 is 16.8. The van der Waals surface area contributed by atoms with E-state index in [2.05, 4.69) is 10.3 Å². The van der Waals surface area contributed by atoms with Crippen molar-refractivity contribution >= 4 is 12.7 Å². The van der Waals surface area contributed by atoms with Gasteiger partial charge in [0, 0.05) is 12.5 Å². The van der Waals surface area contributed by atoms with Gasteiger partial charge >= 0.3 is 0 Å². The Bertz CT molecular complexity index is 301. The molecule has 1 heterocycles. The Hall–Kier alpha value is -0.980. The van der Waals surface area contributed by atoms with Crippen LogP contribution in [0.3, 0.4) is 0 Å². The zero-order valence-corrected chi connectivity index (χ0v) is 11.5. The second-order valence-electron chi connectivity index (χ2n) is 5.01. The van der Waals surface area contributed by atoms with Gasteiger partial charge in [-0.15, -0.1) is 0 Å². The second-order valence-corrected chi connectivity index (χ2v) is 5.01. The lowest BCUT2D eigenvalue weighted by Crippen LogP contribution is -2.53. The molecule has 0 spiro atoms. The van der Waals surface area contributed by atoms with E-state index in [0.29, 0.717) is 19.8 Å². The van der Waals surface area contributed by atoms with E-state index < -0.39 is 5.60 Å². The molecule has 104 valence electrons. The quantitative estimate of drug-likeness (QED) is 0.527. The monoisotopic (exact) mass is 257 g/mol. The highest BCUT2D eigenvalue weighted by molar-refractivity contribution is 5.72. The molecule has 6 heteroatoms. The van der Waals surface area contributed by atoms with Gasteiger partial charge in [-0.2, -0.15) is 0 Å². The standard InChI is InChI=1S/C12H23N3O3/c1-11(2,10-17-5-6-18-10)12(3,16-4)7-14-9-15-8-13/h8-10H,5-7H2,1-4H3,(H2,13,14,15). The number of methoxy groups -OCH3 is 1. The lowest BCUT2D eigenvalue weighted by Gasteiger charge is -2.44. The highest BCUT2D eigenvalue weighted by Crippen LogP contribution is 2.40. The molecule has 1 rings (SSSR count). The molecule has 0 aromatic rings. The molecule has 1 fully saturated rings. The van der Waals surface area contributed by atoms with Crippen molar-refractivity contribution in [2.24, 2.45) is 10.4 Å². The lowest BCUT2D eigenvalue weighted by atomic mass is 9.75. The van der Waals surface area contributed by atoms with Crippen LogP contribution in [0.15, 0.2) is 4.99 Å². The summed E-state index contributed by atoms with van der Waals surface area (Å²) >= 11 is 0. The molecule has 0 saturated carbocycles. The molecule has 0 aromatic heterocycles. The van der Waals surface area contributed by atoms with Crippen molar-refractivity contribution < 1.29 is 14.2 Å². The predicted molar refractivity (Wildman–Crippen MR) is 70.2 cm³/mol. The molecule has 0 bridgehead atoms. The molecule has 0 radical (unpaired) electrons. The Kier molecular flexibility index (Phi) is 5.25. The summed E-state index contributed by atoms with van der Waals surface area (Å²) in [5.74, 6) is 0. The predicted octanol–water partition coefficient (Wildman–Crippen LogP) is 1.02. The van der Waals surface area contributed by atoms with Gasteiger partial charge in [-0.3, -0.25) is 10.4 Å². The summed E-state index contributed by atoms with van der Waals surface area (Å²) in [4.78, 5) is 4.22. The van der Waals surface area contributed by atoms with Crippen LogP contribution in [-0.4, -0.2) is 51.4 Å². The number of rotatable bonds is 7. The Morgan fingerprint density at radius 2 is 2.00 bits per heavy atom. The van der Waals surface area contributed by atoms with Gasteiger partial charge in [0.1, 0.15) is 0 Å². The molecule has 1 aliphatic rings. The maximum Gasteiger partial charge on any atom is 0.165 e. The van der Waals surface area contributed by atoms with E-state index in [4.69, 9.17) is 19.6 Å². The summed E-state index contributed by atoms with van der Waals surface area (Å²) in [5.41, 5.74) is -0.845. The Morgan fingerprint density at radius 1 is 1.39 bits per heavy atom. The summed E-state index contributed by atoms with van der Waals surface area (Å²) in [5, 5.41) is 9.44. The first-order chi connectivity index (χ1) is 8.48. The summed E-state index contributed by atoms with van der Waals surface area (Å²) in [6.07, 6.45) is 2.27. The number of aliphatic imine (C=N–C) groups is 1. The molecule has 6 nitrogen and oxygen atoms in total. The average molecular weight is 257 g/mol. The van der Waals surface area contributed by atoms with Crippen LogP contribution in [0.2, 0.25) is 0 Å². The second kappa shape index (κ2) is 6.26. The zero-order chi connectivity index (χ0) is 13.6. The molecule has 0 amide bonds. The molecule has 18 heavy (non-hydrogen) atoms. The number of nitrogens with one attached hydrogen (secondary N) is 2. The van der Waals surface area contributed by atoms with E-state index in [1.165, 1.54) is 6.34 Å². The first-order valence-corrected chi connectivity index (χ1v) is 5.99. The third-order valence-corrected chi connectivity index (χ3v) is 3.67. The molecule has 1 aliphatic heterocycles. The van der Waals surface area contributed by atoms with Crippen molar-refractivity contribution in [2.45, 2.75) is 32.7 Å². The van der Waals surface area contributed by atoms with Crippen LogP contribution in [0.1, 0.15) is 20.8 Å². The number of hydrogen-bond acceptors (Lipinski definition) is 5. The summed E-state index contributed by atoms with van der Waals surface area (Å²) in [6, 6.07) is 0. The molecule has 1 saturated heterocycles. The fourth-order valence-electron chi connectivity index (χ4n) is 1.87. The van der Waals surface area contributed by atoms with Crippen molar-refractivity contribution in [3.8, 4) is 0 Å². The van der Waals surface area contributed by atoms with Gasteiger partial charge in [-0.25, -0.2) is 0 Å². The van der Waals surface area contributed by atoms with Gasteiger partial charge in [0.15, 0.2) is 6.29 Å². The maximum absolute atomic E-state index is 6.84. The minimum atomic E-state index is -0.512. The SMILES string of the molecule is COC(C)(CN=CNC=N)C(C)(C)C1OCCO1. The van der Waals surface area contributed by atoms with Crippen LogP contribution >= 0.6 is 0 Å². The van der Waals surface area contributed by atoms with Gasteiger partial charge in [-0.1, -0.05) is 13.8 Å². The molecular weight excluding hydrogens is 234 g/mol. The van der Waals surface area contributed by atoms with Crippen molar-refractivity contribution in [1.29, 1.82) is 5.41 Å². The molecule has 1 unspecified atom stereocenters. The van der Waals surface area contributed by atoms with Gasteiger partial charge in [0.2, 0.25) is 0 Å². The maximum atomic E-state index is 6.84. The summed E-state index contributed by atoms with van der Waals surface area (Å²) in [7, 11) is 1.66. The van der Waals surface area contributed by atoms with Crippen LogP contribution in [-0.2, 0) is 14.2 Å². The third kappa shape index (κ3) is 3.07. The van der Waals surface area contributed by atoms with E-state index in [0.717, 1.165) is 6.34 Å². The number of nitrogens with zero attached hydrogens (tertiary/aromatic N) is 1. The van der Waals surface area contributed by atoms with E-state index in [1.807, 2.05) is 20.8 Å². The van der Waals surface area contributed by atoms with E-state index in [1.54, 1.807) is 7.11 Å². The van der Waals surface area contributed by atoms with Crippen molar-refractivity contribution in [3.05, 3.63) is 0 Å². The zero-order valence-electron chi connectivity index (χ0n) is 11.5. The molecule has 2 N–H and O–H groups in total. The van der Waals surface area contributed by atoms with Crippen LogP contribution < -0.4 is 5.32 Å².